The number of nitrogens with zero attached hydrogens (tertiary/aromatic N) is 5. The highest BCUT2D eigenvalue weighted by atomic mass is 35.5. The molecule has 166 valence electrons. The lowest BCUT2D eigenvalue weighted by Gasteiger charge is -2.18. The molecule has 1 atom stereocenters. The molecule has 0 radical (unpaired) electrons. The lowest BCUT2D eigenvalue weighted by atomic mass is 9.94. The Morgan fingerprint density at radius 2 is 2.12 bits per heavy atom. The number of hydrogen-bond acceptors (Lipinski definition) is 8. The van der Waals surface area contributed by atoms with Gasteiger partial charge >= 0.3 is 0 Å². The number of nitriles is 1. The number of rotatable bonds is 2. The zero-order valence-electron chi connectivity index (χ0n) is 17.7. The number of fused-ring (bicyclic) bond motifs is 4. The highest BCUT2D eigenvalue weighted by Gasteiger charge is 2.30. The first-order valence-electron chi connectivity index (χ1n) is 10.6. The van der Waals surface area contributed by atoms with Crippen LogP contribution in [0.1, 0.15) is 30.0 Å². The number of nitrogens with two attached hydrogens (primary N) is 1. The van der Waals surface area contributed by atoms with Gasteiger partial charge in [0, 0.05) is 41.8 Å². The van der Waals surface area contributed by atoms with Gasteiger partial charge in [-0.1, -0.05) is 18.5 Å². The van der Waals surface area contributed by atoms with E-state index < -0.39 is 5.82 Å². The normalized spacial score (nSPS) is 17.8. The summed E-state index contributed by atoms with van der Waals surface area (Å²) >= 11 is 7.55. The summed E-state index contributed by atoms with van der Waals surface area (Å²) in [5.74, 6) is 0.551. The van der Waals surface area contributed by atoms with E-state index in [-0.39, 0.29) is 23.3 Å². The number of nitrogen functional groups attached to an aromatic ring is 1. The molecule has 3 aromatic heterocycles. The average molecular weight is 481 g/mol. The number of anilines is 2. The van der Waals surface area contributed by atoms with Crippen LogP contribution >= 0.6 is 22.9 Å². The summed E-state index contributed by atoms with van der Waals surface area (Å²) in [5.41, 5.74) is 8.71. The second kappa shape index (κ2) is 7.48. The number of ether oxygens (including phenoxy) is 1. The van der Waals surface area contributed by atoms with E-state index in [1.165, 1.54) is 17.5 Å². The summed E-state index contributed by atoms with van der Waals surface area (Å²) in [6.07, 6.45) is 4.21. The number of halogens is 2. The SMILES string of the molecule is CC1CCN(c2ncc3c4c(c(-c5ncc(Cl)c6sc(N)c(C#N)c56)c(F)c3n2)COC4)C1. The first-order valence-corrected chi connectivity index (χ1v) is 11.8. The van der Waals surface area contributed by atoms with Gasteiger partial charge in [0.25, 0.3) is 0 Å². The van der Waals surface area contributed by atoms with E-state index in [1.54, 1.807) is 6.20 Å². The lowest BCUT2D eigenvalue weighted by Crippen LogP contribution is -2.21. The van der Waals surface area contributed by atoms with Gasteiger partial charge < -0.3 is 15.4 Å². The Labute approximate surface area is 197 Å². The summed E-state index contributed by atoms with van der Waals surface area (Å²) in [7, 11) is 0. The predicted molar refractivity (Wildman–Crippen MR) is 127 cm³/mol. The second-order valence-electron chi connectivity index (χ2n) is 8.52. The highest BCUT2D eigenvalue weighted by Crippen LogP contribution is 2.46. The van der Waals surface area contributed by atoms with Crippen molar-refractivity contribution in [2.75, 3.05) is 23.7 Å². The molecule has 2 aliphatic heterocycles. The van der Waals surface area contributed by atoms with Gasteiger partial charge in [0.15, 0.2) is 5.82 Å². The fourth-order valence-electron chi connectivity index (χ4n) is 4.81. The molecule has 1 fully saturated rings. The van der Waals surface area contributed by atoms with Gasteiger partial charge in [-0.05, 0) is 23.5 Å². The molecule has 1 aromatic carbocycles. The minimum atomic E-state index is -0.505. The monoisotopic (exact) mass is 480 g/mol. The van der Waals surface area contributed by atoms with Crippen LogP contribution < -0.4 is 10.6 Å². The highest BCUT2D eigenvalue weighted by molar-refractivity contribution is 7.23. The molecular formula is C23H18ClFN6OS. The van der Waals surface area contributed by atoms with Gasteiger partial charge in [0.05, 0.1) is 34.2 Å². The molecule has 6 rings (SSSR count). The van der Waals surface area contributed by atoms with Crippen LogP contribution in [0.5, 0.6) is 0 Å². The Kier molecular flexibility index (Phi) is 4.66. The van der Waals surface area contributed by atoms with E-state index in [4.69, 9.17) is 22.1 Å². The van der Waals surface area contributed by atoms with Crippen LogP contribution in [0.3, 0.4) is 0 Å². The van der Waals surface area contributed by atoms with Crippen LogP contribution in [0.4, 0.5) is 15.3 Å². The zero-order chi connectivity index (χ0) is 22.9. The van der Waals surface area contributed by atoms with Gasteiger partial charge in [0.1, 0.15) is 16.6 Å². The minimum Gasteiger partial charge on any atom is -0.389 e. The average Bonchev–Trinajstić information content (AvgIpc) is 3.53. The topological polar surface area (TPSA) is 101 Å². The van der Waals surface area contributed by atoms with Crippen molar-refractivity contribution in [3.8, 4) is 17.3 Å². The third-order valence-electron chi connectivity index (χ3n) is 6.44. The van der Waals surface area contributed by atoms with E-state index in [0.29, 0.717) is 55.2 Å². The van der Waals surface area contributed by atoms with Gasteiger partial charge in [-0.25, -0.2) is 14.4 Å². The second-order valence-corrected chi connectivity index (χ2v) is 9.98. The van der Waals surface area contributed by atoms with E-state index in [1.807, 2.05) is 0 Å². The maximum atomic E-state index is 16.3. The molecule has 5 heterocycles. The van der Waals surface area contributed by atoms with Crippen LogP contribution in [0.25, 0.3) is 32.2 Å². The molecule has 0 spiro atoms. The molecule has 0 saturated carbocycles. The summed E-state index contributed by atoms with van der Waals surface area (Å²) in [5, 5.41) is 11.5. The molecule has 4 aromatic rings. The van der Waals surface area contributed by atoms with Crippen molar-refractivity contribution in [3.05, 3.63) is 39.9 Å². The van der Waals surface area contributed by atoms with Crippen LogP contribution in [0, 0.1) is 23.1 Å². The van der Waals surface area contributed by atoms with E-state index in [9.17, 15) is 5.26 Å². The van der Waals surface area contributed by atoms with Crippen molar-refractivity contribution in [1.29, 1.82) is 5.26 Å². The van der Waals surface area contributed by atoms with Crippen molar-refractivity contribution in [1.82, 2.24) is 15.0 Å². The smallest absolute Gasteiger partial charge is 0.225 e. The maximum absolute atomic E-state index is 16.3. The molecule has 1 unspecified atom stereocenters. The van der Waals surface area contributed by atoms with Gasteiger partial charge in [-0.15, -0.1) is 11.3 Å². The molecule has 0 aliphatic carbocycles. The summed E-state index contributed by atoms with van der Waals surface area (Å²) in [4.78, 5) is 15.7. The number of hydrogen-bond donors (Lipinski definition) is 1. The van der Waals surface area contributed by atoms with E-state index in [2.05, 4.69) is 32.8 Å². The molecule has 1 saturated heterocycles. The minimum absolute atomic E-state index is 0.227. The van der Waals surface area contributed by atoms with Gasteiger partial charge in [-0.3, -0.25) is 4.98 Å². The van der Waals surface area contributed by atoms with E-state index in [0.717, 1.165) is 25.1 Å². The Hall–Kier alpha value is -3.06. The Balaban J connectivity index is 1.67. The predicted octanol–water partition coefficient (Wildman–Crippen LogP) is 5.03. The molecule has 2 N–H and O–H groups in total. The molecule has 0 amide bonds. The summed E-state index contributed by atoms with van der Waals surface area (Å²) in [6.45, 7) is 4.43. The van der Waals surface area contributed by atoms with Crippen LogP contribution in [0.2, 0.25) is 5.02 Å². The number of aromatic nitrogens is 3. The first-order chi connectivity index (χ1) is 16.0. The molecule has 33 heavy (non-hydrogen) atoms. The van der Waals surface area contributed by atoms with Gasteiger partial charge in [-0.2, -0.15) is 5.26 Å². The molecule has 0 bridgehead atoms. The number of pyridine rings is 1. The fourth-order valence-corrected chi connectivity index (χ4v) is 5.99. The van der Waals surface area contributed by atoms with Crippen molar-refractivity contribution in [2.45, 2.75) is 26.6 Å². The maximum Gasteiger partial charge on any atom is 0.225 e. The number of thiophene rings is 1. The van der Waals surface area contributed by atoms with Crippen molar-refractivity contribution < 1.29 is 9.13 Å². The van der Waals surface area contributed by atoms with Crippen LogP contribution in [0.15, 0.2) is 12.4 Å². The fraction of sp³-hybridized carbons (Fsp3) is 0.304. The number of benzene rings is 1. The molecule has 10 heteroatoms. The molecule has 7 nitrogen and oxygen atoms in total. The van der Waals surface area contributed by atoms with Crippen molar-refractivity contribution >= 4 is 54.9 Å². The Morgan fingerprint density at radius 3 is 2.88 bits per heavy atom. The van der Waals surface area contributed by atoms with Crippen LogP contribution in [-0.2, 0) is 18.0 Å². The third kappa shape index (κ3) is 2.98. The lowest BCUT2D eigenvalue weighted by molar-refractivity contribution is 0.135. The zero-order valence-corrected chi connectivity index (χ0v) is 19.2. The van der Waals surface area contributed by atoms with Crippen molar-refractivity contribution in [2.24, 2.45) is 5.92 Å². The van der Waals surface area contributed by atoms with Crippen LogP contribution in [-0.4, -0.2) is 28.0 Å². The molecule has 2 aliphatic rings. The van der Waals surface area contributed by atoms with Gasteiger partial charge in [0.2, 0.25) is 5.95 Å². The first kappa shape index (κ1) is 20.5. The largest absolute Gasteiger partial charge is 0.389 e. The summed E-state index contributed by atoms with van der Waals surface area (Å²) in [6, 6.07) is 2.13. The molecular weight excluding hydrogens is 463 g/mol. The quantitative estimate of drug-likeness (QED) is 0.429. The Bertz CT molecular complexity index is 1510. The summed E-state index contributed by atoms with van der Waals surface area (Å²) < 4.78 is 22.6. The van der Waals surface area contributed by atoms with Crippen molar-refractivity contribution in [3.63, 3.8) is 0 Å². The Morgan fingerprint density at radius 1 is 1.30 bits per heavy atom. The third-order valence-corrected chi connectivity index (χ3v) is 7.89. The standard InChI is InChI=1S/C23H18ClFN6OS/c1-10-2-3-31(7-10)23-29-5-12-13-8-32-9-14(13)16(18(25)19(12)30-23)20-17-11(4-26)22(27)33-21(17)15(24)6-28-20/h5-6,10H,2-3,7-9,27H2,1H3. The van der Waals surface area contributed by atoms with E-state index >= 15 is 4.39 Å².